The standard InChI is InChI=1S/C14H15ClN2O3S/c1-8(18)21-10-6-13(19)17(7-10)9-3-4-11(12(15)5-9)14(20)16-2/h3-5,10H,6-7H2,1-2H3,(H,16,20). The predicted octanol–water partition coefficient (Wildman–Crippen LogP) is 2.08. The summed E-state index contributed by atoms with van der Waals surface area (Å²) in [5, 5.41) is 2.77. The maximum absolute atomic E-state index is 12.0. The van der Waals surface area contributed by atoms with E-state index in [9.17, 15) is 14.4 Å². The number of rotatable bonds is 3. The van der Waals surface area contributed by atoms with Gasteiger partial charge < -0.3 is 10.2 Å². The molecule has 2 rings (SSSR count). The maximum atomic E-state index is 12.0. The van der Waals surface area contributed by atoms with Gasteiger partial charge in [-0.05, 0) is 18.2 Å². The molecule has 0 bridgehead atoms. The molecule has 0 saturated carbocycles. The van der Waals surface area contributed by atoms with E-state index in [0.29, 0.717) is 29.2 Å². The highest BCUT2D eigenvalue weighted by molar-refractivity contribution is 8.14. The van der Waals surface area contributed by atoms with Crippen molar-refractivity contribution in [3.8, 4) is 0 Å². The average molecular weight is 327 g/mol. The third-order valence-electron chi connectivity index (χ3n) is 3.16. The molecule has 112 valence electrons. The first-order valence-corrected chi connectivity index (χ1v) is 7.67. The van der Waals surface area contributed by atoms with Crippen LogP contribution < -0.4 is 10.2 Å². The second kappa shape index (κ2) is 6.49. The van der Waals surface area contributed by atoms with Crippen molar-refractivity contribution in [1.29, 1.82) is 0 Å². The van der Waals surface area contributed by atoms with Crippen molar-refractivity contribution < 1.29 is 14.4 Å². The molecular weight excluding hydrogens is 312 g/mol. The van der Waals surface area contributed by atoms with Gasteiger partial charge in [-0.2, -0.15) is 0 Å². The molecular formula is C14H15ClN2O3S. The SMILES string of the molecule is CNC(=O)c1ccc(N2CC(SC(C)=O)CC2=O)cc1Cl. The summed E-state index contributed by atoms with van der Waals surface area (Å²) in [6, 6.07) is 4.88. The largest absolute Gasteiger partial charge is 0.355 e. The first kappa shape index (κ1) is 15.9. The van der Waals surface area contributed by atoms with Crippen molar-refractivity contribution in [3.05, 3.63) is 28.8 Å². The molecule has 0 radical (unpaired) electrons. The topological polar surface area (TPSA) is 66.5 Å². The molecule has 7 heteroatoms. The van der Waals surface area contributed by atoms with Gasteiger partial charge in [0.25, 0.3) is 5.91 Å². The summed E-state index contributed by atoms with van der Waals surface area (Å²) in [4.78, 5) is 36.3. The van der Waals surface area contributed by atoms with E-state index < -0.39 is 0 Å². The third-order valence-corrected chi connectivity index (χ3v) is 4.45. The van der Waals surface area contributed by atoms with E-state index in [2.05, 4.69) is 5.32 Å². The van der Waals surface area contributed by atoms with Gasteiger partial charge >= 0.3 is 0 Å². The van der Waals surface area contributed by atoms with Crippen LogP contribution in [0.1, 0.15) is 23.7 Å². The van der Waals surface area contributed by atoms with Gasteiger partial charge in [0, 0.05) is 37.9 Å². The lowest BCUT2D eigenvalue weighted by Gasteiger charge is -2.17. The lowest BCUT2D eigenvalue weighted by molar-refractivity contribution is -0.117. The fraction of sp³-hybridized carbons (Fsp3) is 0.357. The van der Waals surface area contributed by atoms with Gasteiger partial charge in [0.1, 0.15) is 0 Å². The average Bonchev–Trinajstić information content (AvgIpc) is 2.77. The molecule has 1 aromatic rings. The molecule has 2 amide bonds. The molecule has 1 saturated heterocycles. The highest BCUT2D eigenvalue weighted by Gasteiger charge is 2.32. The molecule has 1 N–H and O–H groups in total. The molecule has 5 nitrogen and oxygen atoms in total. The lowest BCUT2D eigenvalue weighted by atomic mass is 10.2. The second-order valence-electron chi connectivity index (χ2n) is 4.68. The monoisotopic (exact) mass is 326 g/mol. The van der Waals surface area contributed by atoms with Gasteiger partial charge in [0.2, 0.25) is 5.91 Å². The number of nitrogens with one attached hydrogen (secondary N) is 1. The number of halogens is 1. The Morgan fingerprint density at radius 3 is 2.71 bits per heavy atom. The minimum atomic E-state index is -0.274. The quantitative estimate of drug-likeness (QED) is 0.923. The highest BCUT2D eigenvalue weighted by atomic mass is 35.5. The molecule has 1 atom stereocenters. The first-order valence-electron chi connectivity index (χ1n) is 6.41. The van der Waals surface area contributed by atoms with Crippen LogP contribution in [-0.4, -0.2) is 35.8 Å². The van der Waals surface area contributed by atoms with Gasteiger partial charge in [-0.3, -0.25) is 14.4 Å². The van der Waals surface area contributed by atoms with Crippen LogP contribution in [0.2, 0.25) is 5.02 Å². The maximum Gasteiger partial charge on any atom is 0.252 e. The zero-order valence-electron chi connectivity index (χ0n) is 11.7. The molecule has 1 heterocycles. The van der Waals surface area contributed by atoms with E-state index in [1.165, 1.54) is 25.7 Å². The number of hydrogen-bond acceptors (Lipinski definition) is 4. The zero-order valence-corrected chi connectivity index (χ0v) is 13.3. The Bertz CT molecular complexity index is 606. The van der Waals surface area contributed by atoms with E-state index in [0.717, 1.165) is 0 Å². The summed E-state index contributed by atoms with van der Waals surface area (Å²) in [5.41, 5.74) is 1.01. The first-order chi connectivity index (χ1) is 9.92. The number of carbonyl (C=O) groups is 3. The van der Waals surface area contributed by atoms with Crippen LogP contribution in [-0.2, 0) is 9.59 Å². The van der Waals surface area contributed by atoms with Gasteiger partial charge in [-0.15, -0.1) is 0 Å². The summed E-state index contributed by atoms with van der Waals surface area (Å²) in [5.74, 6) is -0.318. The number of nitrogens with zero attached hydrogens (tertiary/aromatic N) is 1. The van der Waals surface area contributed by atoms with Gasteiger partial charge in [-0.1, -0.05) is 23.4 Å². The molecule has 0 aromatic heterocycles. The van der Waals surface area contributed by atoms with Crippen LogP contribution in [0.25, 0.3) is 0 Å². The fourth-order valence-electron chi connectivity index (χ4n) is 2.23. The predicted molar refractivity (Wildman–Crippen MR) is 83.9 cm³/mol. The molecule has 1 aliphatic heterocycles. The minimum absolute atomic E-state index is 0.00245. The summed E-state index contributed by atoms with van der Waals surface area (Å²) in [6.45, 7) is 1.96. The van der Waals surface area contributed by atoms with Crippen LogP contribution in [0, 0.1) is 0 Å². The summed E-state index contributed by atoms with van der Waals surface area (Å²) < 4.78 is 0. The number of amides is 2. The van der Waals surface area contributed by atoms with Crippen molar-refractivity contribution in [3.63, 3.8) is 0 Å². The van der Waals surface area contributed by atoms with Gasteiger partial charge in [-0.25, -0.2) is 0 Å². The molecule has 0 spiro atoms. The van der Waals surface area contributed by atoms with Crippen LogP contribution in [0.4, 0.5) is 5.69 Å². The van der Waals surface area contributed by atoms with E-state index in [1.807, 2.05) is 0 Å². The fourth-order valence-corrected chi connectivity index (χ4v) is 3.41. The number of thioether (sulfide) groups is 1. The highest BCUT2D eigenvalue weighted by Crippen LogP contribution is 2.31. The Labute approximate surface area is 132 Å². The van der Waals surface area contributed by atoms with Gasteiger partial charge in [0.05, 0.1) is 10.6 Å². The number of anilines is 1. The Hall–Kier alpha value is -1.53. The minimum Gasteiger partial charge on any atom is -0.355 e. The van der Waals surface area contributed by atoms with E-state index in [-0.39, 0.29) is 22.2 Å². The summed E-state index contributed by atoms with van der Waals surface area (Å²) >= 11 is 7.27. The Balaban J connectivity index is 2.19. The molecule has 0 aliphatic carbocycles. The lowest BCUT2D eigenvalue weighted by Crippen LogP contribution is -2.25. The Morgan fingerprint density at radius 1 is 1.43 bits per heavy atom. The smallest absolute Gasteiger partial charge is 0.252 e. The Kier molecular flexibility index (Phi) is 4.90. The second-order valence-corrected chi connectivity index (χ2v) is 6.57. The van der Waals surface area contributed by atoms with E-state index in [1.54, 1.807) is 23.1 Å². The molecule has 1 aliphatic rings. The number of carbonyl (C=O) groups excluding carboxylic acids is 3. The molecule has 21 heavy (non-hydrogen) atoms. The van der Waals surface area contributed by atoms with Crippen molar-refractivity contribution in [1.82, 2.24) is 5.32 Å². The zero-order chi connectivity index (χ0) is 15.6. The van der Waals surface area contributed by atoms with Gasteiger partial charge in [0.15, 0.2) is 5.12 Å². The van der Waals surface area contributed by atoms with Crippen molar-refractivity contribution in [2.24, 2.45) is 0 Å². The molecule has 1 fully saturated rings. The molecule has 1 unspecified atom stereocenters. The summed E-state index contributed by atoms with van der Waals surface area (Å²) in [7, 11) is 1.53. The van der Waals surface area contributed by atoms with Crippen molar-refractivity contribution in [2.75, 3.05) is 18.5 Å². The Morgan fingerprint density at radius 2 is 2.14 bits per heavy atom. The van der Waals surface area contributed by atoms with Crippen LogP contribution >= 0.6 is 23.4 Å². The van der Waals surface area contributed by atoms with E-state index >= 15 is 0 Å². The number of hydrogen-bond donors (Lipinski definition) is 1. The normalized spacial score (nSPS) is 18.0. The third kappa shape index (κ3) is 3.57. The van der Waals surface area contributed by atoms with Crippen LogP contribution in [0.5, 0.6) is 0 Å². The van der Waals surface area contributed by atoms with Crippen molar-refractivity contribution in [2.45, 2.75) is 18.6 Å². The van der Waals surface area contributed by atoms with E-state index in [4.69, 9.17) is 11.6 Å². The number of benzene rings is 1. The van der Waals surface area contributed by atoms with Crippen molar-refractivity contribution >= 4 is 46.0 Å². The molecule has 1 aromatic carbocycles. The van der Waals surface area contributed by atoms with Crippen LogP contribution in [0.15, 0.2) is 18.2 Å². The summed E-state index contributed by atoms with van der Waals surface area (Å²) in [6.07, 6.45) is 0.332. The van der Waals surface area contributed by atoms with Crippen LogP contribution in [0.3, 0.4) is 0 Å².